The zero-order valence-corrected chi connectivity index (χ0v) is 16.3. The summed E-state index contributed by atoms with van der Waals surface area (Å²) in [7, 11) is 0. The van der Waals surface area contributed by atoms with Crippen LogP contribution in [0.5, 0.6) is 0 Å². The van der Waals surface area contributed by atoms with E-state index in [1.165, 1.54) is 0 Å². The molecule has 148 valence electrons. The maximum atomic E-state index is 12.5. The quantitative estimate of drug-likeness (QED) is 0.816. The van der Waals surface area contributed by atoms with E-state index >= 15 is 0 Å². The fraction of sp³-hybridized carbons (Fsp3) is 0.348. The number of azo groups is 1. The molecule has 2 heterocycles. The zero-order chi connectivity index (χ0) is 20.1. The van der Waals surface area contributed by atoms with Crippen molar-refractivity contribution in [2.24, 2.45) is 10.2 Å². The number of pyridine rings is 1. The lowest BCUT2D eigenvalue weighted by Gasteiger charge is -2.25. The highest BCUT2D eigenvalue weighted by molar-refractivity contribution is 5.96. The van der Waals surface area contributed by atoms with Crippen LogP contribution in [0.25, 0.3) is 0 Å². The molecule has 0 fully saturated rings. The summed E-state index contributed by atoms with van der Waals surface area (Å²) in [5.74, 6) is -0.258. The van der Waals surface area contributed by atoms with Crippen molar-refractivity contribution in [3.8, 4) is 0 Å². The van der Waals surface area contributed by atoms with Crippen LogP contribution >= 0.6 is 0 Å². The fourth-order valence-corrected chi connectivity index (χ4v) is 3.99. The minimum absolute atomic E-state index is 0.0891. The highest BCUT2D eigenvalue weighted by Crippen LogP contribution is 2.33. The molecule has 1 aromatic carbocycles. The number of hydrogen-bond donors (Lipinski definition) is 1. The molecule has 2 aliphatic rings. The third-order valence-corrected chi connectivity index (χ3v) is 5.50. The first kappa shape index (κ1) is 19.2. The number of hydrogen-bond acceptors (Lipinski definition) is 4. The molecule has 29 heavy (non-hydrogen) atoms. The molecule has 1 unspecified atom stereocenters. The van der Waals surface area contributed by atoms with E-state index in [0.717, 1.165) is 54.4 Å². The Balaban J connectivity index is 1.39. The second kappa shape index (κ2) is 8.90. The van der Waals surface area contributed by atoms with Gasteiger partial charge in [-0.25, -0.2) is 0 Å². The summed E-state index contributed by atoms with van der Waals surface area (Å²) in [5.41, 5.74) is 4.76. The zero-order valence-electron chi connectivity index (χ0n) is 16.3. The van der Waals surface area contributed by atoms with Gasteiger partial charge in [-0.05, 0) is 67.0 Å². The Morgan fingerprint density at radius 3 is 2.83 bits per heavy atom. The highest BCUT2D eigenvalue weighted by atomic mass is 16.2. The smallest absolute Gasteiger partial charge is 0.291 e. The van der Waals surface area contributed by atoms with Crippen molar-refractivity contribution in [2.75, 3.05) is 6.54 Å². The molecule has 4 rings (SSSR count). The van der Waals surface area contributed by atoms with Crippen LogP contribution in [0.2, 0.25) is 0 Å². The number of amides is 2. The van der Waals surface area contributed by atoms with Crippen molar-refractivity contribution in [3.63, 3.8) is 0 Å². The van der Waals surface area contributed by atoms with Gasteiger partial charge in [0.15, 0.2) is 0 Å². The molecule has 2 aromatic rings. The van der Waals surface area contributed by atoms with E-state index in [9.17, 15) is 9.59 Å². The summed E-state index contributed by atoms with van der Waals surface area (Å²) in [5, 5.41) is 11.1. The van der Waals surface area contributed by atoms with Gasteiger partial charge in [-0.1, -0.05) is 18.2 Å². The van der Waals surface area contributed by atoms with E-state index in [-0.39, 0.29) is 17.9 Å². The normalized spacial score (nSPS) is 18.5. The van der Waals surface area contributed by atoms with Crippen LogP contribution in [0.4, 0.5) is 0 Å². The van der Waals surface area contributed by atoms with E-state index in [2.05, 4.69) is 20.5 Å². The van der Waals surface area contributed by atoms with Gasteiger partial charge in [0.25, 0.3) is 11.8 Å². The summed E-state index contributed by atoms with van der Waals surface area (Å²) in [6.45, 7) is 0.559. The predicted molar refractivity (Wildman–Crippen MR) is 110 cm³/mol. The predicted octanol–water partition coefficient (Wildman–Crippen LogP) is 3.83. The molecular weight excluding hydrogens is 364 g/mol. The molecule has 1 aliphatic carbocycles. The number of nitrogens with one attached hydrogen (secondary N) is 1. The van der Waals surface area contributed by atoms with Crippen LogP contribution in [0.1, 0.15) is 47.2 Å². The molecule has 1 atom stereocenters. The average molecular weight is 388 g/mol. The van der Waals surface area contributed by atoms with Crippen molar-refractivity contribution < 1.29 is 9.59 Å². The van der Waals surface area contributed by atoms with Gasteiger partial charge in [0.05, 0.1) is 6.04 Å². The lowest BCUT2D eigenvalue weighted by atomic mass is 9.84. The molecule has 0 saturated carbocycles. The Morgan fingerprint density at radius 1 is 1.10 bits per heavy atom. The second-order valence-electron chi connectivity index (χ2n) is 7.52. The summed E-state index contributed by atoms with van der Waals surface area (Å²) in [4.78, 5) is 28.6. The van der Waals surface area contributed by atoms with Crippen molar-refractivity contribution >= 4 is 11.8 Å². The molecule has 1 N–H and O–H groups in total. The van der Waals surface area contributed by atoms with Crippen molar-refractivity contribution in [1.82, 2.24) is 10.3 Å². The molecule has 6 nitrogen and oxygen atoms in total. The van der Waals surface area contributed by atoms with E-state index in [4.69, 9.17) is 0 Å². The van der Waals surface area contributed by atoms with Crippen LogP contribution in [-0.4, -0.2) is 29.4 Å². The highest BCUT2D eigenvalue weighted by Gasteiger charge is 2.28. The molecular formula is C23H24N4O2. The number of benzene rings is 1. The molecule has 0 bridgehead atoms. The third-order valence-electron chi connectivity index (χ3n) is 5.50. The van der Waals surface area contributed by atoms with Crippen molar-refractivity contribution in [1.29, 1.82) is 0 Å². The number of aromatic nitrogens is 1. The second-order valence-corrected chi connectivity index (χ2v) is 7.52. The largest absolute Gasteiger partial charge is 0.352 e. The topological polar surface area (TPSA) is 83.8 Å². The Bertz CT molecular complexity index is 966. The Kier molecular flexibility index (Phi) is 5.89. The minimum Gasteiger partial charge on any atom is -0.352 e. The molecule has 1 aromatic heterocycles. The van der Waals surface area contributed by atoms with Gasteiger partial charge in [0.1, 0.15) is 0 Å². The Hall–Kier alpha value is -3.15. The third kappa shape index (κ3) is 4.65. The molecule has 6 heteroatoms. The van der Waals surface area contributed by atoms with Gasteiger partial charge in [0.2, 0.25) is 0 Å². The lowest BCUT2D eigenvalue weighted by molar-refractivity contribution is -0.115. The molecule has 0 spiro atoms. The standard InChI is InChI=1S/C23H24N4O2/c28-22(25-12-10-16-6-4-11-24-15-16)18-7-3-5-17(13-18)14-21-19-8-1-2-9-20(19)23(29)27-26-21/h3-7,11,13,15,21H,1-2,8-10,12,14H2,(H,25,28). The van der Waals surface area contributed by atoms with Gasteiger partial charge >= 0.3 is 0 Å². The van der Waals surface area contributed by atoms with E-state index in [0.29, 0.717) is 18.5 Å². The molecule has 0 saturated heterocycles. The number of carbonyl (C=O) groups is 2. The van der Waals surface area contributed by atoms with Gasteiger partial charge in [-0.3, -0.25) is 14.6 Å². The van der Waals surface area contributed by atoms with Crippen LogP contribution < -0.4 is 5.32 Å². The maximum absolute atomic E-state index is 12.5. The van der Waals surface area contributed by atoms with Crippen LogP contribution in [0.15, 0.2) is 70.2 Å². The first-order valence-corrected chi connectivity index (χ1v) is 10.1. The van der Waals surface area contributed by atoms with E-state index in [1.54, 1.807) is 6.20 Å². The van der Waals surface area contributed by atoms with E-state index < -0.39 is 0 Å². The van der Waals surface area contributed by atoms with Crippen LogP contribution in [0, 0.1) is 0 Å². The van der Waals surface area contributed by atoms with Crippen molar-refractivity contribution in [3.05, 3.63) is 76.6 Å². The monoisotopic (exact) mass is 388 g/mol. The molecule has 2 amide bonds. The Labute approximate surface area is 170 Å². The van der Waals surface area contributed by atoms with Gasteiger partial charge < -0.3 is 5.32 Å². The minimum atomic E-state index is -0.169. The Morgan fingerprint density at radius 2 is 1.97 bits per heavy atom. The van der Waals surface area contributed by atoms with Crippen LogP contribution in [-0.2, 0) is 17.6 Å². The van der Waals surface area contributed by atoms with Gasteiger partial charge in [-0.2, -0.15) is 5.11 Å². The van der Waals surface area contributed by atoms with E-state index in [1.807, 2.05) is 42.6 Å². The maximum Gasteiger partial charge on any atom is 0.291 e. The summed E-state index contributed by atoms with van der Waals surface area (Å²) >= 11 is 0. The van der Waals surface area contributed by atoms with Crippen molar-refractivity contribution in [2.45, 2.75) is 44.6 Å². The SMILES string of the molecule is O=C1N=NC(Cc2cccc(C(=O)NCCc3cccnc3)c2)C2=C1CCCC2. The summed E-state index contributed by atoms with van der Waals surface area (Å²) < 4.78 is 0. The summed E-state index contributed by atoms with van der Waals surface area (Å²) in [6, 6.07) is 11.4. The molecule has 0 radical (unpaired) electrons. The lowest BCUT2D eigenvalue weighted by Crippen LogP contribution is -2.26. The van der Waals surface area contributed by atoms with Gasteiger partial charge in [-0.15, -0.1) is 5.11 Å². The first-order chi connectivity index (χ1) is 14.2. The number of nitrogens with zero attached hydrogens (tertiary/aromatic N) is 3. The van der Waals surface area contributed by atoms with Crippen LogP contribution in [0.3, 0.4) is 0 Å². The average Bonchev–Trinajstić information content (AvgIpc) is 2.77. The first-order valence-electron chi connectivity index (χ1n) is 10.1. The number of rotatable bonds is 6. The molecule has 1 aliphatic heterocycles. The summed E-state index contributed by atoms with van der Waals surface area (Å²) in [6.07, 6.45) is 8.81. The number of carbonyl (C=O) groups excluding carboxylic acids is 2. The fourth-order valence-electron chi connectivity index (χ4n) is 3.99. The van der Waals surface area contributed by atoms with Gasteiger partial charge in [0, 0.05) is 36.5 Å².